The zero-order chi connectivity index (χ0) is 24.6. The molecule has 5 heterocycles. The smallest absolute Gasteiger partial charge is 0.154 e. The summed E-state index contributed by atoms with van der Waals surface area (Å²) in [5, 5.41) is 4.98. The summed E-state index contributed by atoms with van der Waals surface area (Å²) in [7, 11) is 0. The standard InChI is InChI=1S/C28H31FN6O/c1-19-16-33(17-20(2)36-19)18-23-8-4-9-24(31-23)26-15-30-27-11-12-28(32-35(26)27)34-13-5-10-25(34)21-6-3-7-22(29)14-21/h3-4,6-9,11-12,14-15,19-20,25H,5,10,13,16-18H2,1-2H3. The lowest BCUT2D eigenvalue weighted by Crippen LogP contribution is -2.44. The first-order chi connectivity index (χ1) is 17.5. The van der Waals surface area contributed by atoms with E-state index < -0.39 is 0 Å². The van der Waals surface area contributed by atoms with E-state index in [0.29, 0.717) is 0 Å². The van der Waals surface area contributed by atoms with Gasteiger partial charge in [-0.1, -0.05) is 18.2 Å². The minimum atomic E-state index is -0.202. The molecule has 0 aliphatic carbocycles. The second kappa shape index (κ2) is 9.59. The van der Waals surface area contributed by atoms with Crippen molar-refractivity contribution in [2.45, 2.75) is 51.5 Å². The monoisotopic (exact) mass is 486 g/mol. The molecule has 186 valence electrons. The molecule has 0 N–H and O–H groups in total. The van der Waals surface area contributed by atoms with Crippen LogP contribution in [0.3, 0.4) is 0 Å². The number of fused-ring (bicyclic) bond motifs is 1. The van der Waals surface area contributed by atoms with E-state index in [-0.39, 0.29) is 24.1 Å². The zero-order valence-corrected chi connectivity index (χ0v) is 20.7. The SMILES string of the molecule is CC1CN(Cc2cccc(-c3cnc4ccc(N5CCCC5c5cccc(F)c5)nn34)n2)CC(C)O1. The van der Waals surface area contributed by atoms with Gasteiger partial charge in [-0.25, -0.2) is 18.9 Å². The highest BCUT2D eigenvalue weighted by molar-refractivity contribution is 5.61. The molecule has 2 aliphatic rings. The highest BCUT2D eigenvalue weighted by atomic mass is 19.1. The Hall–Kier alpha value is -3.36. The van der Waals surface area contributed by atoms with Crippen LogP contribution in [0.15, 0.2) is 60.8 Å². The Morgan fingerprint density at radius 3 is 2.69 bits per heavy atom. The van der Waals surface area contributed by atoms with Gasteiger partial charge < -0.3 is 9.64 Å². The van der Waals surface area contributed by atoms with Crippen LogP contribution >= 0.6 is 0 Å². The fourth-order valence-corrected chi connectivity index (χ4v) is 5.65. The average molecular weight is 487 g/mol. The van der Waals surface area contributed by atoms with Crippen LogP contribution in [0.1, 0.15) is 44.0 Å². The van der Waals surface area contributed by atoms with Gasteiger partial charge in [-0.2, -0.15) is 0 Å². The van der Waals surface area contributed by atoms with E-state index >= 15 is 0 Å². The summed E-state index contributed by atoms with van der Waals surface area (Å²) < 4.78 is 21.7. The van der Waals surface area contributed by atoms with Crippen LogP contribution in [0, 0.1) is 5.82 Å². The van der Waals surface area contributed by atoms with E-state index in [0.717, 1.165) is 73.1 Å². The van der Waals surface area contributed by atoms with Crippen molar-refractivity contribution in [3.63, 3.8) is 0 Å². The Labute approximate surface area is 210 Å². The number of imidazole rings is 1. The number of rotatable bonds is 5. The van der Waals surface area contributed by atoms with E-state index in [9.17, 15) is 4.39 Å². The molecule has 3 unspecified atom stereocenters. The molecule has 0 saturated carbocycles. The maximum atomic E-state index is 13.9. The lowest BCUT2D eigenvalue weighted by molar-refractivity contribution is -0.0707. The number of nitrogens with zero attached hydrogens (tertiary/aromatic N) is 6. The number of halogens is 1. The molecular formula is C28H31FN6O. The molecule has 0 radical (unpaired) electrons. The van der Waals surface area contributed by atoms with Crippen molar-refractivity contribution in [1.82, 2.24) is 24.5 Å². The van der Waals surface area contributed by atoms with Crippen molar-refractivity contribution < 1.29 is 9.13 Å². The van der Waals surface area contributed by atoms with E-state index in [1.807, 2.05) is 35.0 Å². The van der Waals surface area contributed by atoms with Crippen LogP contribution in [-0.2, 0) is 11.3 Å². The Morgan fingerprint density at radius 2 is 1.86 bits per heavy atom. The Morgan fingerprint density at radius 1 is 1.03 bits per heavy atom. The quantitative estimate of drug-likeness (QED) is 0.401. The summed E-state index contributed by atoms with van der Waals surface area (Å²) in [4.78, 5) is 14.2. The van der Waals surface area contributed by atoms with Crippen LogP contribution in [0.4, 0.5) is 10.2 Å². The molecule has 2 saturated heterocycles. The Kier molecular flexibility index (Phi) is 6.15. The highest BCUT2D eigenvalue weighted by Gasteiger charge is 2.28. The zero-order valence-electron chi connectivity index (χ0n) is 20.7. The topological polar surface area (TPSA) is 58.8 Å². The Balaban J connectivity index is 1.29. The first-order valence-corrected chi connectivity index (χ1v) is 12.7. The second-order valence-electron chi connectivity index (χ2n) is 9.98. The molecule has 0 bridgehead atoms. The number of ether oxygens (including phenoxy) is 1. The van der Waals surface area contributed by atoms with Crippen LogP contribution in [0.5, 0.6) is 0 Å². The summed E-state index contributed by atoms with van der Waals surface area (Å²) in [5.41, 5.74) is 4.49. The van der Waals surface area contributed by atoms with Crippen molar-refractivity contribution in [2.75, 3.05) is 24.5 Å². The van der Waals surface area contributed by atoms with Gasteiger partial charge in [-0.05, 0) is 68.7 Å². The van der Waals surface area contributed by atoms with Gasteiger partial charge in [-0.15, -0.1) is 5.10 Å². The molecule has 2 aliphatic heterocycles. The molecule has 3 atom stereocenters. The summed E-state index contributed by atoms with van der Waals surface area (Å²) in [6, 6.07) is 17.2. The number of benzene rings is 1. The molecule has 1 aromatic carbocycles. The highest BCUT2D eigenvalue weighted by Crippen LogP contribution is 2.35. The third kappa shape index (κ3) is 4.58. The molecule has 7 nitrogen and oxygen atoms in total. The predicted octanol–water partition coefficient (Wildman–Crippen LogP) is 4.88. The fraction of sp³-hybridized carbons (Fsp3) is 0.393. The molecule has 0 amide bonds. The number of morpholine rings is 1. The summed E-state index contributed by atoms with van der Waals surface area (Å²) in [6.45, 7) is 7.71. The second-order valence-corrected chi connectivity index (χ2v) is 9.98. The molecule has 36 heavy (non-hydrogen) atoms. The van der Waals surface area contributed by atoms with Crippen LogP contribution < -0.4 is 4.90 Å². The summed E-state index contributed by atoms with van der Waals surface area (Å²) >= 11 is 0. The molecule has 6 rings (SSSR count). The molecular weight excluding hydrogens is 455 g/mol. The van der Waals surface area contributed by atoms with Gasteiger partial charge >= 0.3 is 0 Å². The lowest BCUT2D eigenvalue weighted by atomic mass is 10.0. The summed E-state index contributed by atoms with van der Waals surface area (Å²) in [6.07, 6.45) is 4.30. The fourth-order valence-electron chi connectivity index (χ4n) is 5.65. The van der Waals surface area contributed by atoms with E-state index in [2.05, 4.69) is 40.8 Å². The normalized spacial score (nSPS) is 23.0. The molecule has 2 fully saturated rings. The average Bonchev–Trinajstić information content (AvgIpc) is 3.51. The third-order valence-electron chi connectivity index (χ3n) is 7.08. The van der Waals surface area contributed by atoms with Crippen molar-refractivity contribution >= 4 is 11.5 Å². The van der Waals surface area contributed by atoms with E-state index in [4.69, 9.17) is 14.8 Å². The van der Waals surface area contributed by atoms with Crippen LogP contribution in [0.25, 0.3) is 17.0 Å². The maximum Gasteiger partial charge on any atom is 0.154 e. The molecule has 0 spiro atoms. The van der Waals surface area contributed by atoms with Crippen molar-refractivity contribution in [1.29, 1.82) is 0 Å². The van der Waals surface area contributed by atoms with Gasteiger partial charge in [-0.3, -0.25) is 4.90 Å². The number of pyridine rings is 1. The van der Waals surface area contributed by atoms with Crippen molar-refractivity contribution in [2.24, 2.45) is 0 Å². The number of aromatic nitrogens is 4. The minimum Gasteiger partial charge on any atom is -0.373 e. The molecule has 4 aromatic rings. The number of hydrogen-bond donors (Lipinski definition) is 0. The maximum absolute atomic E-state index is 13.9. The van der Waals surface area contributed by atoms with E-state index in [1.165, 1.54) is 6.07 Å². The van der Waals surface area contributed by atoms with E-state index in [1.54, 1.807) is 12.1 Å². The molecule has 3 aromatic heterocycles. The first-order valence-electron chi connectivity index (χ1n) is 12.7. The number of hydrogen-bond acceptors (Lipinski definition) is 6. The van der Waals surface area contributed by atoms with Crippen molar-refractivity contribution in [3.05, 3.63) is 77.9 Å². The largest absolute Gasteiger partial charge is 0.373 e. The van der Waals surface area contributed by atoms with Gasteiger partial charge in [0.25, 0.3) is 0 Å². The molecule has 8 heteroatoms. The minimum absolute atomic E-state index is 0.109. The number of anilines is 1. The lowest BCUT2D eigenvalue weighted by Gasteiger charge is -2.35. The predicted molar refractivity (Wildman–Crippen MR) is 137 cm³/mol. The van der Waals surface area contributed by atoms with Gasteiger partial charge in [0.1, 0.15) is 17.3 Å². The Bertz CT molecular complexity index is 1360. The van der Waals surface area contributed by atoms with Gasteiger partial charge in [0, 0.05) is 26.2 Å². The van der Waals surface area contributed by atoms with Crippen LogP contribution in [-0.4, -0.2) is 56.3 Å². The first kappa shape index (κ1) is 23.1. The third-order valence-corrected chi connectivity index (χ3v) is 7.08. The van der Waals surface area contributed by atoms with Gasteiger partial charge in [0.05, 0.1) is 35.8 Å². The van der Waals surface area contributed by atoms with Gasteiger partial charge in [0.15, 0.2) is 5.65 Å². The van der Waals surface area contributed by atoms with Crippen molar-refractivity contribution in [3.8, 4) is 11.4 Å². The van der Waals surface area contributed by atoms with Gasteiger partial charge in [0.2, 0.25) is 0 Å². The summed E-state index contributed by atoms with van der Waals surface area (Å²) in [5.74, 6) is 0.660. The van der Waals surface area contributed by atoms with Crippen LogP contribution in [0.2, 0.25) is 0 Å².